The van der Waals surface area contributed by atoms with E-state index in [0.29, 0.717) is 5.15 Å². The molecule has 2 aromatic carbocycles. The second-order valence-corrected chi connectivity index (χ2v) is 5.65. The van der Waals surface area contributed by atoms with Crippen molar-refractivity contribution in [2.75, 3.05) is 7.11 Å². The minimum absolute atomic E-state index is 0.230. The summed E-state index contributed by atoms with van der Waals surface area (Å²) in [4.78, 5) is 4.28. The maximum Gasteiger partial charge on any atom is 0.137 e. The molecule has 0 atom stereocenters. The van der Waals surface area contributed by atoms with E-state index in [-0.39, 0.29) is 5.82 Å². The van der Waals surface area contributed by atoms with Gasteiger partial charge in [0.05, 0.1) is 7.11 Å². The highest BCUT2D eigenvalue weighted by Crippen LogP contribution is 2.36. The first-order valence-electron chi connectivity index (χ1n) is 7.90. The molecular formula is C20H21ClFNO. The third-order valence-corrected chi connectivity index (χ3v) is 4.11. The number of pyridine rings is 1. The number of aromatic nitrogens is 1. The molecule has 0 aliphatic heterocycles. The van der Waals surface area contributed by atoms with Gasteiger partial charge in [0.2, 0.25) is 0 Å². The van der Waals surface area contributed by atoms with E-state index in [1.807, 2.05) is 45.9 Å². The first-order chi connectivity index (χ1) is 11.5. The molecule has 0 aliphatic carbocycles. The highest BCUT2D eigenvalue weighted by atomic mass is 35.5. The van der Waals surface area contributed by atoms with Crippen LogP contribution in [0.4, 0.5) is 4.39 Å². The number of fused-ring (bicyclic) bond motifs is 1. The van der Waals surface area contributed by atoms with Crippen LogP contribution in [0.5, 0.6) is 5.75 Å². The number of halogens is 2. The van der Waals surface area contributed by atoms with Crippen LogP contribution >= 0.6 is 11.6 Å². The van der Waals surface area contributed by atoms with Crippen LogP contribution in [0.15, 0.2) is 36.5 Å². The molecule has 0 radical (unpaired) electrons. The summed E-state index contributed by atoms with van der Waals surface area (Å²) in [6, 6.07) is 8.77. The Hall–Kier alpha value is -2.13. The Morgan fingerprint density at radius 3 is 2.21 bits per heavy atom. The lowest BCUT2D eigenvalue weighted by Crippen LogP contribution is -1.94. The summed E-state index contributed by atoms with van der Waals surface area (Å²) in [6.07, 6.45) is 1.74. The molecule has 1 aromatic heterocycles. The minimum Gasteiger partial charge on any atom is -0.497 e. The predicted molar refractivity (Wildman–Crippen MR) is 99.5 cm³/mol. The number of ether oxygens (including phenoxy) is 1. The number of nitrogens with zero attached hydrogens (tertiary/aromatic N) is 1. The summed E-state index contributed by atoms with van der Waals surface area (Å²) in [7, 11) is 1.61. The van der Waals surface area contributed by atoms with E-state index in [0.717, 1.165) is 38.8 Å². The Bertz CT molecular complexity index is 854. The van der Waals surface area contributed by atoms with Crippen molar-refractivity contribution in [3.63, 3.8) is 0 Å². The summed E-state index contributed by atoms with van der Waals surface area (Å²) in [5.41, 5.74) is 3.68. The molecule has 0 spiro atoms. The molecule has 0 aliphatic rings. The standard InChI is InChI=1S/C18H15ClFNO.C2H6/c1-10-6-12(20)7-11(2)17(10)16-9-21-18(19)15-8-13(22-3)4-5-14(15)16;1-2/h4-9H,1-3H3;1-2H3. The molecule has 126 valence electrons. The van der Waals surface area contributed by atoms with Crippen LogP contribution in [-0.2, 0) is 0 Å². The molecule has 0 saturated heterocycles. The molecule has 3 aromatic rings. The second kappa shape index (κ2) is 7.63. The smallest absolute Gasteiger partial charge is 0.137 e. The van der Waals surface area contributed by atoms with E-state index in [1.165, 1.54) is 12.1 Å². The largest absolute Gasteiger partial charge is 0.497 e. The molecule has 0 N–H and O–H groups in total. The zero-order chi connectivity index (χ0) is 17.9. The van der Waals surface area contributed by atoms with Gasteiger partial charge in [-0.3, -0.25) is 0 Å². The molecule has 4 heteroatoms. The Kier molecular flexibility index (Phi) is 5.79. The molecule has 3 rings (SSSR count). The van der Waals surface area contributed by atoms with Gasteiger partial charge in [0, 0.05) is 17.1 Å². The predicted octanol–water partition coefficient (Wildman–Crippen LogP) is 6.35. The molecule has 0 fully saturated rings. The number of aryl methyl sites for hydroxylation is 2. The van der Waals surface area contributed by atoms with Gasteiger partial charge in [-0.2, -0.15) is 0 Å². The van der Waals surface area contributed by atoms with Crippen LogP contribution in [0.1, 0.15) is 25.0 Å². The van der Waals surface area contributed by atoms with Gasteiger partial charge in [0.1, 0.15) is 16.7 Å². The number of methoxy groups -OCH3 is 1. The van der Waals surface area contributed by atoms with Crippen LogP contribution < -0.4 is 4.74 Å². The normalized spacial score (nSPS) is 10.3. The Balaban J connectivity index is 0.00000100. The Morgan fingerprint density at radius 2 is 1.62 bits per heavy atom. The number of hydrogen-bond donors (Lipinski definition) is 0. The first kappa shape index (κ1) is 18.2. The highest BCUT2D eigenvalue weighted by molar-refractivity contribution is 6.34. The molecule has 0 amide bonds. The fourth-order valence-corrected chi connectivity index (χ4v) is 3.06. The van der Waals surface area contributed by atoms with Crippen molar-refractivity contribution >= 4 is 22.4 Å². The lowest BCUT2D eigenvalue weighted by atomic mass is 9.93. The zero-order valence-corrected chi connectivity index (χ0v) is 15.3. The van der Waals surface area contributed by atoms with Crippen LogP contribution in [0.2, 0.25) is 5.15 Å². The quantitative estimate of drug-likeness (QED) is 0.505. The van der Waals surface area contributed by atoms with Gasteiger partial charge < -0.3 is 4.74 Å². The van der Waals surface area contributed by atoms with Crippen molar-refractivity contribution in [3.8, 4) is 16.9 Å². The van der Waals surface area contributed by atoms with Crippen molar-refractivity contribution in [2.45, 2.75) is 27.7 Å². The topological polar surface area (TPSA) is 22.1 Å². The van der Waals surface area contributed by atoms with E-state index >= 15 is 0 Å². The van der Waals surface area contributed by atoms with Crippen LogP contribution in [0, 0.1) is 19.7 Å². The molecule has 1 heterocycles. The third-order valence-electron chi connectivity index (χ3n) is 3.81. The fourth-order valence-electron chi connectivity index (χ4n) is 2.85. The summed E-state index contributed by atoms with van der Waals surface area (Å²) >= 11 is 6.22. The fraction of sp³-hybridized carbons (Fsp3) is 0.250. The molecule has 0 unspecified atom stereocenters. The second-order valence-electron chi connectivity index (χ2n) is 5.29. The third kappa shape index (κ3) is 3.36. The van der Waals surface area contributed by atoms with Crippen molar-refractivity contribution < 1.29 is 9.13 Å². The SMILES string of the molecule is CC.COc1ccc2c(-c3c(C)cc(F)cc3C)cnc(Cl)c2c1. The molecule has 2 nitrogen and oxygen atoms in total. The average molecular weight is 346 g/mol. The van der Waals surface area contributed by atoms with Gasteiger partial charge >= 0.3 is 0 Å². The van der Waals surface area contributed by atoms with Crippen molar-refractivity contribution in [3.05, 3.63) is 58.6 Å². The Morgan fingerprint density at radius 1 is 1.00 bits per heavy atom. The summed E-state index contributed by atoms with van der Waals surface area (Å²) in [6.45, 7) is 7.80. The lowest BCUT2D eigenvalue weighted by Gasteiger charge is -2.14. The minimum atomic E-state index is -0.230. The van der Waals surface area contributed by atoms with E-state index in [9.17, 15) is 4.39 Å². The van der Waals surface area contributed by atoms with Crippen LogP contribution in [-0.4, -0.2) is 12.1 Å². The van der Waals surface area contributed by atoms with Crippen molar-refractivity contribution in [1.82, 2.24) is 4.98 Å². The maximum atomic E-state index is 13.5. The van der Waals surface area contributed by atoms with E-state index < -0.39 is 0 Å². The highest BCUT2D eigenvalue weighted by Gasteiger charge is 2.14. The molecule has 0 bridgehead atoms. The number of benzene rings is 2. The van der Waals surface area contributed by atoms with Gasteiger partial charge in [-0.25, -0.2) is 9.37 Å². The van der Waals surface area contributed by atoms with Gasteiger partial charge in [-0.15, -0.1) is 0 Å². The van der Waals surface area contributed by atoms with Crippen LogP contribution in [0.25, 0.3) is 21.9 Å². The molecule has 24 heavy (non-hydrogen) atoms. The van der Waals surface area contributed by atoms with E-state index in [4.69, 9.17) is 16.3 Å². The van der Waals surface area contributed by atoms with Crippen molar-refractivity contribution in [2.24, 2.45) is 0 Å². The lowest BCUT2D eigenvalue weighted by molar-refractivity contribution is 0.415. The summed E-state index contributed by atoms with van der Waals surface area (Å²) in [5.74, 6) is 0.493. The van der Waals surface area contributed by atoms with Gasteiger partial charge in [0.15, 0.2) is 0 Å². The summed E-state index contributed by atoms with van der Waals surface area (Å²) in [5, 5.41) is 2.22. The van der Waals surface area contributed by atoms with Gasteiger partial charge in [-0.1, -0.05) is 25.4 Å². The van der Waals surface area contributed by atoms with Gasteiger partial charge in [-0.05, 0) is 66.3 Å². The summed E-state index contributed by atoms with van der Waals surface area (Å²) < 4.78 is 18.8. The Labute approximate surface area is 147 Å². The maximum absolute atomic E-state index is 13.5. The van der Waals surface area contributed by atoms with E-state index in [1.54, 1.807) is 13.3 Å². The molecule has 0 saturated carbocycles. The zero-order valence-electron chi connectivity index (χ0n) is 14.6. The molecular weight excluding hydrogens is 325 g/mol. The number of hydrogen-bond acceptors (Lipinski definition) is 2. The number of rotatable bonds is 2. The first-order valence-corrected chi connectivity index (χ1v) is 8.28. The monoisotopic (exact) mass is 345 g/mol. The average Bonchev–Trinajstić information content (AvgIpc) is 2.57. The van der Waals surface area contributed by atoms with Crippen LogP contribution in [0.3, 0.4) is 0 Å². The van der Waals surface area contributed by atoms with Crippen molar-refractivity contribution in [1.29, 1.82) is 0 Å². The van der Waals surface area contributed by atoms with E-state index in [2.05, 4.69) is 4.98 Å². The van der Waals surface area contributed by atoms with Gasteiger partial charge in [0.25, 0.3) is 0 Å².